The molecule has 0 aromatic rings. The lowest BCUT2D eigenvalue weighted by molar-refractivity contribution is 0.106. The first-order chi connectivity index (χ1) is 8.97. The van der Waals surface area contributed by atoms with Gasteiger partial charge in [0.2, 0.25) is 0 Å². The second kappa shape index (κ2) is 5.81. The molecule has 1 saturated heterocycles. The Morgan fingerprint density at radius 3 is 2.42 bits per heavy atom. The van der Waals surface area contributed by atoms with E-state index in [1.807, 2.05) is 0 Å². The number of nitriles is 1. The van der Waals surface area contributed by atoms with Crippen LogP contribution in [0.3, 0.4) is 0 Å². The molecule has 2 rings (SSSR count). The zero-order valence-corrected chi connectivity index (χ0v) is 12.8. The molecule has 0 unspecified atom stereocenters. The topological polar surface area (TPSA) is 39.1 Å². The van der Waals surface area contributed by atoms with Gasteiger partial charge in [0.25, 0.3) is 0 Å². The van der Waals surface area contributed by atoms with Crippen molar-refractivity contribution in [3.8, 4) is 6.07 Å². The van der Waals surface area contributed by atoms with E-state index in [4.69, 9.17) is 0 Å². The van der Waals surface area contributed by atoms with E-state index in [9.17, 15) is 5.26 Å². The van der Waals surface area contributed by atoms with E-state index in [0.717, 1.165) is 31.8 Å². The first-order valence-electron chi connectivity index (χ1n) is 7.78. The molecule has 3 heteroatoms. The summed E-state index contributed by atoms with van der Waals surface area (Å²) in [6.45, 7) is 9.17. The summed E-state index contributed by atoms with van der Waals surface area (Å²) in [6.07, 6.45) is 6.03. The zero-order valence-electron chi connectivity index (χ0n) is 12.8. The molecular formula is C16H29N3. The Hall–Kier alpha value is -0.590. The quantitative estimate of drug-likeness (QED) is 0.829. The molecule has 0 aromatic heterocycles. The van der Waals surface area contributed by atoms with Crippen LogP contribution >= 0.6 is 0 Å². The lowest BCUT2D eigenvalue weighted by atomic mass is 9.69. The van der Waals surface area contributed by atoms with Gasteiger partial charge in [-0.3, -0.25) is 0 Å². The predicted molar refractivity (Wildman–Crippen MR) is 78.8 cm³/mol. The average Bonchev–Trinajstić information content (AvgIpc) is 2.33. The highest BCUT2D eigenvalue weighted by Crippen LogP contribution is 2.40. The molecule has 0 aromatic carbocycles. The fraction of sp³-hybridized carbons (Fsp3) is 0.938. The molecule has 2 fully saturated rings. The van der Waals surface area contributed by atoms with Gasteiger partial charge >= 0.3 is 0 Å². The molecule has 1 aliphatic carbocycles. The van der Waals surface area contributed by atoms with Gasteiger partial charge in [-0.1, -0.05) is 20.3 Å². The van der Waals surface area contributed by atoms with Crippen molar-refractivity contribution >= 4 is 0 Å². The minimum atomic E-state index is -0.0388. The second-order valence-corrected chi connectivity index (χ2v) is 7.42. The van der Waals surface area contributed by atoms with Gasteiger partial charge in [-0.25, -0.2) is 0 Å². The lowest BCUT2D eigenvalue weighted by Crippen LogP contribution is -2.45. The monoisotopic (exact) mass is 263 g/mol. The summed E-state index contributed by atoms with van der Waals surface area (Å²) in [6, 6.07) is 2.52. The van der Waals surface area contributed by atoms with Gasteiger partial charge in [-0.15, -0.1) is 0 Å². The molecule has 2 aliphatic rings. The van der Waals surface area contributed by atoms with Gasteiger partial charge in [0, 0.05) is 13.1 Å². The van der Waals surface area contributed by atoms with Gasteiger partial charge in [-0.05, 0) is 57.2 Å². The summed E-state index contributed by atoms with van der Waals surface area (Å²) in [5.41, 5.74) is 0.310. The molecular weight excluding hydrogens is 234 g/mol. The van der Waals surface area contributed by atoms with Crippen LogP contribution in [0.4, 0.5) is 0 Å². The third-order valence-corrected chi connectivity index (χ3v) is 5.42. The number of hydrogen-bond donors (Lipinski definition) is 1. The van der Waals surface area contributed by atoms with Crippen molar-refractivity contribution in [3.05, 3.63) is 0 Å². The summed E-state index contributed by atoms with van der Waals surface area (Å²) in [4.78, 5) is 2.43. The lowest BCUT2D eigenvalue weighted by Gasteiger charge is -2.41. The second-order valence-electron chi connectivity index (χ2n) is 7.42. The van der Waals surface area contributed by atoms with Crippen molar-refractivity contribution in [1.29, 1.82) is 5.26 Å². The van der Waals surface area contributed by atoms with Crippen LogP contribution in [0.5, 0.6) is 0 Å². The molecule has 19 heavy (non-hydrogen) atoms. The maximum absolute atomic E-state index is 9.25. The summed E-state index contributed by atoms with van der Waals surface area (Å²) in [5.74, 6) is 0.815. The standard InChI is InChI=1S/C16H29N3/c1-15(2,14-5-9-19(3)10-6-14)12-18-13-16(11-17)7-4-8-16/h14,18H,4-10,12-13H2,1-3H3. The van der Waals surface area contributed by atoms with Gasteiger partial charge in [0.05, 0.1) is 11.5 Å². The van der Waals surface area contributed by atoms with Crippen LogP contribution in [-0.2, 0) is 0 Å². The Labute approximate surface area is 118 Å². The Bertz CT molecular complexity index is 330. The molecule has 0 radical (unpaired) electrons. The number of nitrogens with one attached hydrogen (secondary N) is 1. The zero-order chi connectivity index (χ0) is 13.9. The van der Waals surface area contributed by atoms with Crippen LogP contribution in [-0.4, -0.2) is 38.1 Å². The SMILES string of the molecule is CN1CCC(C(C)(C)CNCC2(C#N)CCC2)CC1. The van der Waals surface area contributed by atoms with Gasteiger partial charge in [-0.2, -0.15) is 5.26 Å². The van der Waals surface area contributed by atoms with Crippen LogP contribution in [0.2, 0.25) is 0 Å². The Morgan fingerprint density at radius 1 is 1.32 bits per heavy atom. The van der Waals surface area contributed by atoms with E-state index in [1.165, 1.54) is 32.4 Å². The number of hydrogen-bond acceptors (Lipinski definition) is 3. The molecule has 0 amide bonds. The summed E-state index contributed by atoms with van der Waals surface area (Å²) >= 11 is 0. The van der Waals surface area contributed by atoms with E-state index < -0.39 is 0 Å². The van der Waals surface area contributed by atoms with Crippen LogP contribution in [0, 0.1) is 28.1 Å². The third kappa shape index (κ3) is 3.49. The van der Waals surface area contributed by atoms with E-state index in [0.29, 0.717) is 5.41 Å². The van der Waals surface area contributed by atoms with E-state index in [-0.39, 0.29) is 5.41 Å². The average molecular weight is 263 g/mol. The minimum Gasteiger partial charge on any atom is -0.315 e. The maximum Gasteiger partial charge on any atom is 0.0703 e. The van der Waals surface area contributed by atoms with Crippen LogP contribution < -0.4 is 5.32 Å². The Kier molecular flexibility index (Phi) is 4.53. The smallest absolute Gasteiger partial charge is 0.0703 e. The molecule has 0 spiro atoms. The van der Waals surface area contributed by atoms with Crippen LogP contribution in [0.1, 0.15) is 46.0 Å². The third-order valence-electron chi connectivity index (χ3n) is 5.42. The molecule has 1 N–H and O–H groups in total. The minimum absolute atomic E-state index is 0.0388. The van der Waals surface area contributed by atoms with E-state index in [2.05, 4.69) is 37.2 Å². The number of nitrogens with zero attached hydrogens (tertiary/aromatic N) is 2. The summed E-state index contributed by atoms with van der Waals surface area (Å²) in [5, 5.41) is 12.8. The number of rotatable bonds is 5. The largest absolute Gasteiger partial charge is 0.315 e. The van der Waals surface area contributed by atoms with E-state index in [1.54, 1.807) is 0 Å². The highest BCUT2D eigenvalue weighted by Gasteiger charge is 2.38. The fourth-order valence-electron chi connectivity index (χ4n) is 3.49. The van der Waals surface area contributed by atoms with Crippen LogP contribution in [0.15, 0.2) is 0 Å². The summed E-state index contributed by atoms with van der Waals surface area (Å²) in [7, 11) is 2.22. The van der Waals surface area contributed by atoms with Gasteiger partial charge in [0.15, 0.2) is 0 Å². The van der Waals surface area contributed by atoms with E-state index >= 15 is 0 Å². The first-order valence-corrected chi connectivity index (χ1v) is 7.78. The number of piperidine rings is 1. The van der Waals surface area contributed by atoms with Gasteiger partial charge < -0.3 is 10.2 Å². The molecule has 3 nitrogen and oxygen atoms in total. The highest BCUT2D eigenvalue weighted by molar-refractivity contribution is 5.06. The first kappa shape index (κ1) is 14.8. The van der Waals surface area contributed by atoms with Crippen molar-refractivity contribution in [2.45, 2.75) is 46.0 Å². The highest BCUT2D eigenvalue weighted by atomic mass is 15.1. The molecule has 0 atom stereocenters. The van der Waals surface area contributed by atoms with Crippen molar-refractivity contribution in [1.82, 2.24) is 10.2 Å². The summed E-state index contributed by atoms with van der Waals surface area (Å²) < 4.78 is 0. The molecule has 1 saturated carbocycles. The Balaban J connectivity index is 1.76. The van der Waals surface area contributed by atoms with Crippen molar-refractivity contribution in [3.63, 3.8) is 0 Å². The molecule has 0 bridgehead atoms. The molecule has 1 heterocycles. The van der Waals surface area contributed by atoms with Gasteiger partial charge in [0.1, 0.15) is 0 Å². The normalized spacial score (nSPS) is 24.7. The molecule has 108 valence electrons. The van der Waals surface area contributed by atoms with Crippen LogP contribution in [0.25, 0.3) is 0 Å². The van der Waals surface area contributed by atoms with Crippen molar-refractivity contribution in [2.24, 2.45) is 16.7 Å². The fourth-order valence-corrected chi connectivity index (χ4v) is 3.49. The molecule has 1 aliphatic heterocycles. The van der Waals surface area contributed by atoms with Crippen molar-refractivity contribution < 1.29 is 0 Å². The number of likely N-dealkylation sites (tertiary alicyclic amines) is 1. The predicted octanol–water partition coefficient (Wildman–Crippen LogP) is 2.64. The maximum atomic E-state index is 9.25. The van der Waals surface area contributed by atoms with Crippen molar-refractivity contribution in [2.75, 3.05) is 33.2 Å². The Morgan fingerprint density at radius 2 is 1.95 bits per heavy atom.